The molecule has 0 heterocycles. The SMILES string of the molecule is CNS(=O)(=O)Cc1cccc(CNS(=O)(=O)c2ccc(C(F)(F)F)cc2)c1. The summed E-state index contributed by atoms with van der Waals surface area (Å²) in [6.45, 7) is -0.142. The summed E-state index contributed by atoms with van der Waals surface area (Å²) in [6, 6.07) is 9.44. The van der Waals surface area contributed by atoms with Crippen LogP contribution in [0.15, 0.2) is 53.4 Å². The smallest absolute Gasteiger partial charge is 0.218 e. The maximum absolute atomic E-state index is 12.6. The van der Waals surface area contributed by atoms with Crippen LogP contribution in [-0.2, 0) is 38.5 Å². The molecule has 27 heavy (non-hydrogen) atoms. The van der Waals surface area contributed by atoms with E-state index >= 15 is 0 Å². The van der Waals surface area contributed by atoms with Gasteiger partial charge in [-0.2, -0.15) is 13.2 Å². The first-order chi connectivity index (χ1) is 12.4. The van der Waals surface area contributed by atoms with Crippen LogP contribution in [0.25, 0.3) is 0 Å². The quantitative estimate of drug-likeness (QED) is 0.716. The zero-order chi connectivity index (χ0) is 20.3. The molecule has 6 nitrogen and oxygen atoms in total. The minimum Gasteiger partial charge on any atom is -0.218 e. The van der Waals surface area contributed by atoms with Crippen LogP contribution in [-0.4, -0.2) is 23.9 Å². The molecule has 0 fully saturated rings. The van der Waals surface area contributed by atoms with E-state index in [4.69, 9.17) is 0 Å². The van der Waals surface area contributed by atoms with Crippen molar-refractivity contribution in [3.05, 3.63) is 65.2 Å². The number of nitrogens with one attached hydrogen (secondary N) is 2. The van der Waals surface area contributed by atoms with Crippen LogP contribution in [0.5, 0.6) is 0 Å². The van der Waals surface area contributed by atoms with Crippen LogP contribution in [0.2, 0.25) is 0 Å². The summed E-state index contributed by atoms with van der Waals surface area (Å²) < 4.78 is 89.7. The first kappa shape index (κ1) is 21.4. The molecule has 0 aliphatic carbocycles. The van der Waals surface area contributed by atoms with Gasteiger partial charge in [0, 0.05) is 6.54 Å². The fourth-order valence-corrected chi connectivity index (χ4v) is 3.99. The summed E-state index contributed by atoms with van der Waals surface area (Å²) in [5, 5.41) is 0. The van der Waals surface area contributed by atoms with E-state index in [0.717, 1.165) is 12.1 Å². The van der Waals surface area contributed by atoms with Crippen LogP contribution in [0.3, 0.4) is 0 Å². The number of hydrogen-bond donors (Lipinski definition) is 2. The molecule has 0 unspecified atom stereocenters. The summed E-state index contributed by atoms with van der Waals surface area (Å²) in [6.07, 6.45) is -4.55. The van der Waals surface area contributed by atoms with Crippen LogP contribution in [0.4, 0.5) is 13.2 Å². The molecule has 0 aliphatic rings. The molecular weight excluding hydrogens is 405 g/mol. The van der Waals surface area contributed by atoms with Crippen molar-refractivity contribution in [1.29, 1.82) is 0 Å². The number of hydrogen-bond acceptors (Lipinski definition) is 4. The maximum Gasteiger partial charge on any atom is 0.416 e. The highest BCUT2D eigenvalue weighted by molar-refractivity contribution is 7.89. The molecule has 0 aromatic heterocycles. The number of benzene rings is 2. The van der Waals surface area contributed by atoms with E-state index in [0.29, 0.717) is 23.3 Å². The Labute approximate surface area is 155 Å². The highest BCUT2D eigenvalue weighted by Crippen LogP contribution is 2.29. The van der Waals surface area contributed by atoms with Crippen molar-refractivity contribution in [3.63, 3.8) is 0 Å². The number of alkyl halides is 3. The van der Waals surface area contributed by atoms with Gasteiger partial charge in [-0.1, -0.05) is 24.3 Å². The van der Waals surface area contributed by atoms with Gasteiger partial charge >= 0.3 is 6.18 Å². The summed E-state index contributed by atoms with van der Waals surface area (Å²) in [7, 11) is -6.20. The van der Waals surface area contributed by atoms with Gasteiger partial charge in [-0.15, -0.1) is 0 Å². The van der Waals surface area contributed by atoms with Gasteiger partial charge in [0.15, 0.2) is 0 Å². The van der Waals surface area contributed by atoms with Crippen molar-refractivity contribution in [2.45, 2.75) is 23.4 Å². The zero-order valence-electron chi connectivity index (χ0n) is 14.1. The average Bonchev–Trinajstić information content (AvgIpc) is 2.59. The van der Waals surface area contributed by atoms with Gasteiger partial charge < -0.3 is 0 Å². The lowest BCUT2D eigenvalue weighted by atomic mass is 10.1. The van der Waals surface area contributed by atoms with Crippen LogP contribution in [0, 0.1) is 0 Å². The third-order valence-corrected chi connectivity index (χ3v) is 6.37. The first-order valence-corrected chi connectivity index (χ1v) is 10.7. The Morgan fingerprint density at radius 2 is 1.52 bits per heavy atom. The minimum atomic E-state index is -4.55. The van der Waals surface area contributed by atoms with E-state index in [2.05, 4.69) is 9.44 Å². The lowest BCUT2D eigenvalue weighted by Gasteiger charge is -2.10. The Hall–Kier alpha value is -1.95. The van der Waals surface area contributed by atoms with Crippen molar-refractivity contribution in [3.8, 4) is 0 Å². The van der Waals surface area contributed by atoms with Gasteiger partial charge in [-0.3, -0.25) is 0 Å². The van der Waals surface area contributed by atoms with E-state index < -0.39 is 31.8 Å². The Morgan fingerprint density at radius 3 is 2.07 bits per heavy atom. The van der Waals surface area contributed by atoms with Crippen molar-refractivity contribution < 1.29 is 30.0 Å². The molecule has 2 aromatic carbocycles. The largest absolute Gasteiger partial charge is 0.416 e. The molecule has 148 valence electrons. The summed E-state index contributed by atoms with van der Waals surface area (Å²) in [4.78, 5) is -0.301. The second kappa shape index (κ2) is 7.97. The summed E-state index contributed by atoms with van der Waals surface area (Å²) in [5.41, 5.74) is 0.0322. The van der Waals surface area contributed by atoms with Crippen LogP contribution >= 0.6 is 0 Å². The lowest BCUT2D eigenvalue weighted by molar-refractivity contribution is -0.137. The molecule has 2 N–H and O–H groups in total. The predicted molar refractivity (Wildman–Crippen MR) is 93.6 cm³/mol. The highest BCUT2D eigenvalue weighted by atomic mass is 32.2. The van der Waals surface area contributed by atoms with E-state index in [9.17, 15) is 30.0 Å². The molecule has 2 rings (SSSR count). The molecule has 0 atom stereocenters. The average molecular weight is 422 g/mol. The zero-order valence-corrected chi connectivity index (χ0v) is 15.7. The molecule has 0 radical (unpaired) electrons. The van der Waals surface area contributed by atoms with E-state index in [1.54, 1.807) is 18.2 Å². The van der Waals surface area contributed by atoms with Gasteiger partial charge in [0.25, 0.3) is 0 Å². The topological polar surface area (TPSA) is 92.3 Å². The molecule has 11 heteroatoms. The number of halogens is 3. The molecule has 0 saturated carbocycles. The number of sulfonamides is 2. The van der Waals surface area contributed by atoms with Gasteiger partial charge in [0.05, 0.1) is 16.2 Å². The lowest BCUT2D eigenvalue weighted by Crippen LogP contribution is -2.23. The Balaban J connectivity index is 2.11. The molecule has 0 bridgehead atoms. The molecular formula is C16H17F3N2O4S2. The van der Waals surface area contributed by atoms with E-state index in [1.165, 1.54) is 13.1 Å². The summed E-state index contributed by atoms with van der Waals surface area (Å²) in [5.74, 6) is -0.261. The Morgan fingerprint density at radius 1 is 0.926 bits per heavy atom. The second-order valence-corrected chi connectivity index (χ2v) is 9.32. The van der Waals surface area contributed by atoms with E-state index in [-0.39, 0.29) is 17.2 Å². The fraction of sp³-hybridized carbons (Fsp3) is 0.250. The van der Waals surface area contributed by atoms with Crippen molar-refractivity contribution in [2.24, 2.45) is 0 Å². The Bertz CT molecular complexity index is 1000. The predicted octanol–water partition coefficient (Wildman–Crippen LogP) is 2.23. The Kier molecular flexibility index (Phi) is 6.30. The standard InChI is InChI=1S/C16H17F3N2O4S2/c1-20-26(22,23)11-13-4-2-3-12(9-13)10-21-27(24,25)15-7-5-14(6-8-15)16(17,18)19/h2-9,20-21H,10-11H2,1H3. The second-order valence-electron chi connectivity index (χ2n) is 5.63. The van der Waals surface area contributed by atoms with Gasteiger partial charge in [0.1, 0.15) is 0 Å². The molecule has 0 amide bonds. The molecule has 2 aromatic rings. The highest BCUT2D eigenvalue weighted by Gasteiger charge is 2.30. The maximum atomic E-state index is 12.6. The number of rotatable bonds is 7. The van der Waals surface area contributed by atoms with Crippen LogP contribution in [0.1, 0.15) is 16.7 Å². The van der Waals surface area contributed by atoms with Crippen molar-refractivity contribution in [2.75, 3.05) is 7.05 Å². The van der Waals surface area contributed by atoms with Gasteiger partial charge in [-0.25, -0.2) is 26.3 Å². The third-order valence-electron chi connectivity index (χ3n) is 3.62. The molecule has 0 aliphatic heterocycles. The normalized spacial score (nSPS) is 12.9. The minimum absolute atomic E-state index is 0.142. The van der Waals surface area contributed by atoms with Crippen molar-refractivity contribution in [1.82, 2.24) is 9.44 Å². The van der Waals surface area contributed by atoms with Gasteiger partial charge in [-0.05, 0) is 42.4 Å². The van der Waals surface area contributed by atoms with E-state index in [1.807, 2.05) is 0 Å². The summed E-state index contributed by atoms with van der Waals surface area (Å²) >= 11 is 0. The van der Waals surface area contributed by atoms with Crippen LogP contribution < -0.4 is 9.44 Å². The molecule has 0 spiro atoms. The third kappa shape index (κ3) is 6.03. The van der Waals surface area contributed by atoms with Crippen molar-refractivity contribution >= 4 is 20.0 Å². The molecule has 0 saturated heterocycles. The first-order valence-electron chi connectivity index (χ1n) is 7.59. The van der Waals surface area contributed by atoms with Gasteiger partial charge in [0.2, 0.25) is 20.0 Å². The monoisotopic (exact) mass is 422 g/mol. The fourth-order valence-electron chi connectivity index (χ4n) is 2.21.